The largest absolute Gasteiger partial charge is 0.478 e. The second-order valence-corrected chi connectivity index (χ2v) is 7.89. The lowest BCUT2D eigenvalue weighted by molar-refractivity contribution is -0.132. The van der Waals surface area contributed by atoms with E-state index in [0.29, 0.717) is 11.3 Å². The Hall–Kier alpha value is -2.62. The first-order chi connectivity index (χ1) is 11.6. The van der Waals surface area contributed by atoms with Crippen molar-refractivity contribution in [3.05, 3.63) is 64.9 Å². The molecule has 0 spiro atoms. The van der Waals surface area contributed by atoms with Gasteiger partial charge in [-0.15, -0.1) is 0 Å². The van der Waals surface area contributed by atoms with Crippen molar-refractivity contribution in [2.45, 2.75) is 40.2 Å². The lowest BCUT2D eigenvalue weighted by atomic mass is 9.76. The van der Waals surface area contributed by atoms with E-state index in [0.717, 1.165) is 23.2 Å². The summed E-state index contributed by atoms with van der Waals surface area (Å²) in [5, 5.41) is 17.4. The molecule has 1 aromatic carbocycles. The summed E-state index contributed by atoms with van der Waals surface area (Å²) in [4.78, 5) is 13.6. The van der Waals surface area contributed by atoms with E-state index in [9.17, 15) is 9.90 Å². The van der Waals surface area contributed by atoms with Crippen LogP contribution in [-0.4, -0.2) is 27.7 Å². The van der Waals surface area contributed by atoms with Crippen molar-refractivity contribution in [2.24, 2.45) is 5.41 Å². The lowest BCUT2D eigenvalue weighted by Crippen LogP contribution is -2.45. The van der Waals surface area contributed by atoms with Gasteiger partial charge in [0.25, 0.3) is 0 Å². The molecule has 0 saturated heterocycles. The molecule has 0 aliphatic carbocycles. The van der Waals surface area contributed by atoms with Crippen molar-refractivity contribution in [2.75, 3.05) is 0 Å². The fourth-order valence-corrected chi connectivity index (χ4v) is 3.55. The molecule has 4 heteroatoms. The molecule has 3 rings (SSSR count). The number of nitrogens with zero attached hydrogens (tertiary/aromatic N) is 1. The second-order valence-electron chi connectivity index (χ2n) is 7.89. The van der Waals surface area contributed by atoms with Gasteiger partial charge in [0.2, 0.25) is 0 Å². The number of carbonyl (C=O) groups is 1. The van der Waals surface area contributed by atoms with Crippen LogP contribution in [0.1, 0.15) is 44.4 Å². The third kappa shape index (κ3) is 2.93. The molecule has 2 aliphatic heterocycles. The fraction of sp³-hybridized carbons (Fsp3) is 0.333. The second kappa shape index (κ2) is 5.73. The molecular weight excluding hydrogens is 312 g/mol. The van der Waals surface area contributed by atoms with E-state index in [1.165, 1.54) is 5.56 Å². The Morgan fingerprint density at radius 2 is 2.04 bits per heavy atom. The number of rotatable bonds is 2. The van der Waals surface area contributed by atoms with Gasteiger partial charge in [0.15, 0.2) is 0 Å². The van der Waals surface area contributed by atoms with Crippen molar-refractivity contribution >= 4 is 17.4 Å². The molecule has 0 bridgehead atoms. The fourth-order valence-electron chi connectivity index (χ4n) is 3.55. The zero-order chi connectivity index (χ0) is 18.5. The molecule has 25 heavy (non-hydrogen) atoms. The third-order valence-electron chi connectivity index (χ3n) is 5.00. The smallest absolute Gasteiger partial charge is 0.337 e. The monoisotopic (exact) mass is 336 g/mol. The molecular formula is C21H24N2O2. The summed E-state index contributed by atoms with van der Waals surface area (Å²) in [7, 11) is 0. The highest BCUT2D eigenvalue weighted by Gasteiger charge is 2.38. The maximum absolute atomic E-state index is 11.6. The van der Waals surface area contributed by atoms with Crippen LogP contribution in [0.15, 0.2) is 48.2 Å². The highest BCUT2D eigenvalue weighted by molar-refractivity contribution is 5.98. The zero-order valence-corrected chi connectivity index (χ0v) is 15.2. The molecule has 0 saturated carbocycles. The van der Waals surface area contributed by atoms with Crippen LogP contribution in [0.25, 0.3) is 5.70 Å². The molecule has 4 nitrogen and oxygen atoms in total. The number of aliphatic carboxylic acids is 1. The Labute approximate surface area is 148 Å². The van der Waals surface area contributed by atoms with Crippen molar-refractivity contribution in [1.29, 1.82) is 5.41 Å². The van der Waals surface area contributed by atoms with E-state index >= 15 is 0 Å². The van der Waals surface area contributed by atoms with Crippen molar-refractivity contribution < 1.29 is 9.90 Å². The number of nitrogens with one attached hydrogen (secondary N) is 1. The van der Waals surface area contributed by atoms with Gasteiger partial charge in [0, 0.05) is 29.2 Å². The average molecular weight is 336 g/mol. The Balaban J connectivity index is 2.19. The van der Waals surface area contributed by atoms with E-state index in [1.54, 1.807) is 13.1 Å². The Morgan fingerprint density at radius 1 is 1.36 bits per heavy atom. The molecule has 2 heterocycles. The highest BCUT2D eigenvalue weighted by Crippen LogP contribution is 2.43. The predicted octanol–water partition coefficient (Wildman–Crippen LogP) is 4.23. The van der Waals surface area contributed by atoms with Crippen LogP contribution in [0.3, 0.4) is 0 Å². The lowest BCUT2D eigenvalue weighted by Gasteiger charge is -2.46. The first-order valence-electron chi connectivity index (χ1n) is 8.43. The van der Waals surface area contributed by atoms with Crippen molar-refractivity contribution in [3.63, 3.8) is 0 Å². The molecule has 0 aromatic heterocycles. The van der Waals surface area contributed by atoms with Crippen LogP contribution >= 0.6 is 0 Å². The van der Waals surface area contributed by atoms with Crippen LogP contribution < -0.4 is 0 Å². The summed E-state index contributed by atoms with van der Waals surface area (Å²) in [5.74, 6) is -0.950. The minimum absolute atomic E-state index is 0.0364. The minimum atomic E-state index is -0.950. The minimum Gasteiger partial charge on any atom is -0.478 e. The number of allylic oxidation sites excluding steroid dienone is 1. The quantitative estimate of drug-likeness (QED) is 0.795. The van der Waals surface area contributed by atoms with Crippen molar-refractivity contribution in [1.82, 2.24) is 4.90 Å². The molecule has 0 fully saturated rings. The van der Waals surface area contributed by atoms with Crippen LogP contribution in [0.5, 0.6) is 0 Å². The maximum atomic E-state index is 11.6. The van der Waals surface area contributed by atoms with E-state index in [2.05, 4.69) is 38.3 Å². The van der Waals surface area contributed by atoms with Gasteiger partial charge in [-0.25, -0.2) is 4.79 Å². The van der Waals surface area contributed by atoms with E-state index < -0.39 is 5.97 Å². The number of hydrogen-bond acceptors (Lipinski definition) is 3. The van der Waals surface area contributed by atoms with Gasteiger partial charge in [-0.1, -0.05) is 39.5 Å². The van der Waals surface area contributed by atoms with Gasteiger partial charge < -0.3 is 15.4 Å². The van der Waals surface area contributed by atoms with Crippen LogP contribution in [0.2, 0.25) is 0 Å². The van der Waals surface area contributed by atoms with E-state index in [4.69, 9.17) is 5.41 Å². The molecule has 130 valence electrons. The van der Waals surface area contributed by atoms with E-state index in [1.807, 2.05) is 18.2 Å². The first-order valence-corrected chi connectivity index (χ1v) is 8.43. The summed E-state index contributed by atoms with van der Waals surface area (Å²) in [5.41, 5.74) is 5.49. The summed E-state index contributed by atoms with van der Waals surface area (Å²) >= 11 is 0. The standard InChI is InChI=1S/C21H24N2O2/c1-12-8-18-16-7-6-14(13(2)22)9-15(16)10-19(21(3,4)5)23(18)11-17(12)20(24)25/h6-9,11,19,22H,1,10H2,2-5H3,(H,24,25). The van der Waals surface area contributed by atoms with Gasteiger partial charge in [-0.3, -0.25) is 0 Å². The zero-order valence-electron chi connectivity index (χ0n) is 15.2. The average Bonchev–Trinajstić information content (AvgIpc) is 2.51. The normalized spacial score (nSPS) is 19.6. The number of hydrogen-bond donors (Lipinski definition) is 2. The third-order valence-corrected chi connectivity index (χ3v) is 5.00. The molecule has 0 radical (unpaired) electrons. The molecule has 0 amide bonds. The molecule has 1 atom stereocenters. The summed E-state index contributed by atoms with van der Waals surface area (Å²) in [6.07, 6.45) is 4.42. The summed E-state index contributed by atoms with van der Waals surface area (Å²) in [6, 6.07) is 6.22. The van der Waals surface area contributed by atoms with Crippen LogP contribution in [0, 0.1) is 10.8 Å². The van der Waals surface area contributed by atoms with Gasteiger partial charge in [-0.05, 0) is 47.6 Å². The number of carboxylic acids is 1. The van der Waals surface area contributed by atoms with Gasteiger partial charge >= 0.3 is 5.97 Å². The first kappa shape index (κ1) is 17.2. The predicted molar refractivity (Wildman–Crippen MR) is 101 cm³/mol. The Bertz CT molecular complexity index is 853. The molecule has 2 aliphatic rings. The van der Waals surface area contributed by atoms with Gasteiger partial charge in [0.1, 0.15) is 0 Å². The SMILES string of the molecule is C=C1C=C2c3ccc(C(C)=N)cc3CC(C(C)(C)C)N2C=C1C(=O)O. The molecule has 1 unspecified atom stereocenters. The molecule has 2 N–H and O–H groups in total. The number of fused-ring (bicyclic) bond motifs is 3. The van der Waals surface area contributed by atoms with Crippen molar-refractivity contribution in [3.8, 4) is 0 Å². The van der Waals surface area contributed by atoms with Gasteiger partial charge in [-0.2, -0.15) is 0 Å². The van der Waals surface area contributed by atoms with Crippen LogP contribution in [-0.2, 0) is 11.2 Å². The Kier molecular flexibility index (Phi) is 3.94. The van der Waals surface area contributed by atoms with Gasteiger partial charge in [0.05, 0.1) is 5.57 Å². The number of carboxylic acid groups (broad SMARTS) is 1. The summed E-state index contributed by atoms with van der Waals surface area (Å²) < 4.78 is 0. The molecule has 1 aromatic rings. The Morgan fingerprint density at radius 3 is 2.60 bits per heavy atom. The van der Waals surface area contributed by atoms with E-state index in [-0.39, 0.29) is 17.0 Å². The maximum Gasteiger partial charge on any atom is 0.337 e. The summed E-state index contributed by atoms with van der Waals surface area (Å²) in [6.45, 7) is 12.2. The number of benzene rings is 1. The highest BCUT2D eigenvalue weighted by atomic mass is 16.4. The van der Waals surface area contributed by atoms with Crippen LogP contribution in [0.4, 0.5) is 0 Å². The topological polar surface area (TPSA) is 64.4 Å².